The standard InChI is InChI=1S/C17H18Cl3NO/c18-9-2-1-3-10(8-9)21-16(22)15-11-4-6-13-14(17(13,19)20)7-5-12(11)15/h1-3,8,11-15H,4-7H2,(H,21,22)/t11-,12-,13+,14+/m0/s1. The predicted octanol–water partition coefficient (Wildman–Crippen LogP) is 5.13. The summed E-state index contributed by atoms with van der Waals surface area (Å²) in [5.74, 6) is 2.17. The van der Waals surface area contributed by atoms with Crippen LogP contribution >= 0.6 is 34.8 Å². The number of carbonyl (C=O) groups excluding carboxylic acids is 1. The van der Waals surface area contributed by atoms with E-state index in [-0.39, 0.29) is 11.8 Å². The summed E-state index contributed by atoms with van der Waals surface area (Å²) in [6.45, 7) is 0. The molecule has 5 heteroatoms. The van der Waals surface area contributed by atoms with Crippen molar-refractivity contribution in [3.8, 4) is 0 Å². The minimum atomic E-state index is -0.491. The molecule has 0 unspecified atom stereocenters. The zero-order valence-corrected chi connectivity index (χ0v) is 14.3. The van der Waals surface area contributed by atoms with E-state index in [1.54, 1.807) is 12.1 Å². The second kappa shape index (κ2) is 5.29. The van der Waals surface area contributed by atoms with E-state index in [1.807, 2.05) is 12.1 Å². The average molecular weight is 359 g/mol. The fourth-order valence-corrected chi connectivity index (χ4v) is 5.51. The van der Waals surface area contributed by atoms with Gasteiger partial charge in [0.15, 0.2) is 0 Å². The lowest BCUT2D eigenvalue weighted by Gasteiger charge is -2.05. The number of rotatable bonds is 2. The molecule has 4 rings (SSSR count). The van der Waals surface area contributed by atoms with Gasteiger partial charge in [-0.05, 0) is 67.6 Å². The first-order valence-electron chi connectivity index (χ1n) is 7.92. The number of carbonyl (C=O) groups is 1. The molecule has 22 heavy (non-hydrogen) atoms. The maximum absolute atomic E-state index is 12.5. The third kappa shape index (κ3) is 2.53. The molecular formula is C17H18Cl3NO. The second-order valence-electron chi connectivity index (χ2n) is 6.90. The summed E-state index contributed by atoms with van der Waals surface area (Å²) >= 11 is 18.6. The minimum absolute atomic E-state index is 0.135. The molecule has 0 aliphatic heterocycles. The van der Waals surface area contributed by atoms with Crippen LogP contribution in [0.1, 0.15) is 25.7 Å². The zero-order chi connectivity index (χ0) is 15.5. The van der Waals surface area contributed by atoms with Crippen molar-refractivity contribution in [1.29, 1.82) is 0 Å². The molecule has 1 aromatic rings. The molecule has 1 aromatic carbocycles. The summed E-state index contributed by atoms with van der Waals surface area (Å²) in [4.78, 5) is 12.5. The molecule has 3 saturated carbocycles. The molecule has 0 spiro atoms. The number of amides is 1. The molecule has 1 amide bonds. The van der Waals surface area contributed by atoms with Crippen molar-refractivity contribution in [3.63, 3.8) is 0 Å². The van der Waals surface area contributed by atoms with Gasteiger partial charge in [-0.15, -0.1) is 23.2 Å². The fraction of sp³-hybridized carbons (Fsp3) is 0.588. The van der Waals surface area contributed by atoms with Gasteiger partial charge in [0.2, 0.25) is 5.91 Å². The number of hydrogen-bond acceptors (Lipinski definition) is 1. The van der Waals surface area contributed by atoms with Crippen LogP contribution in [0.15, 0.2) is 24.3 Å². The zero-order valence-electron chi connectivity index (χ0n) is 12.1. The monoisotopic (exact) mass is 357 g/mol. The molecule has 0 radical (unpaired) electrons. The number of alkyl halides is 2. The van der Waals surface area contributed by atoms with Gasteiger partial charge < -0.3 is 5.32 Å². The van der Waals surface area contributed by atoms with Crippen LogP contribution in [-0.4, -0.2) is 10.2 Å². The van der Waals surface area contributed by atoms with Crippen molar-refractivity contribution >= 4 is 46.4 Å². The number of halogens is 3. The van der Waals surface area contributed by atoms with Gasteiger partial charge in [0.05, 0.1) is 0 Å². The third-order valence-corrected chi connectivity index (χ3v) is 7.07. The maximum Gasteiger partial charge on any atom is 0.228 e. The molecule has 0 bridgehead atoms. The highest BCUT2D eigenvalue weighted by Gasteiger charge is 2.65. The van der Waals surface area contributed by atoms with E-state index in [1.165, 1.54) is 0 Å². The Morgan fingerprint density at radius 3 is 2.32 bits per heavy atom. The summed E-state index contributed by atoms with van der Waals surface area (Å²) in [7, 11) is 0. The highest BCUT2D eigenvalue weighted by atomic mass is 35.5. The van der Waals surface area contributed by atoms with Crippen LogP contribution in [0.5, 0.6) is 0 Å². The molecule has 1 N–H and O–H groups in total. The molecule has 0 saturated heterocycles. The quantitative estimate of drug-likeness (QED) is 0.729. The average Bonchev–Trinajstić information content (AvgIpc) is 3.23. The fourth-order valence-electron chi connectivity index (χ4n) is 4.40. The van der Waals surface area contributed by atoms with Crippen molar-refractivity contribution in [1.82, 2.24) is 0 Å². The molecule has 0 heterocycles. The Kier molecular flexibility index (Phi) is 3.63. The first kappa shape index (κ1) is 15.1. The lowest BCUT2D eigenvalue weighted by molar-refractivity contribution is -0.117. The topological polar surface area (TPSA) is 29.1 Å². The molecule has 2 nitrogen and oxygen atoms in total. The van der Waals surface area contributed by atoms with Gasteiger partial charge in [-0.1, -0.05) is 17.7 Å². The highest BCUT2D eigenvalue weighted by molar-refractivity contribution is 6.51. The van der Waals surface area contributed by atoms with E-state index in [4.69, 9.17) is 34.8 Å². The van der Waals surface area contributed by atoms with Crippen LogP contribution in [0, 0.1) is 29.6 Å². The van der Waals surface area contributed by atoms with Crippen molar-refractivity contribution < 1.29 is 4.79 Å². The number of hydrogen-bond donors (Lipinski definition) is 1. The van der Waals surface area contributed by atoms with E-state index >= 15 is 0 Å². The molecule has 3 aliphatic rings. The third-order valence-electron chi connectivity index (χ3n) is 5.71. The Bertz CT molecular complexity index is 596. The Morgan fingerprint density at radius 2 is 1.73 bits per heavy atom. The first-order chi connectivity index (χ1) is 10.5. The highest BCUT2D eigenvalue weighted by Crippen LogP contribution is 2.67. The number of nitrogens with one attached hydrogen (secondary N) is 1. The Labute approximate surface area is 145 Å². The molecule has 4 atom stereocenters. The van der Waals surface area contributed by atoms with Crippen molar-refractivity contribution in [2.75, 3.05) is 5.32 Å². The second-order valence-corrected chi connectivity index (χ2v) is 8.78. The van der Waals surface area contributed by atoms with E-state index in [0.717, 1.165) is 31.4 Å². The van der Waals surface area contributed by atoms with Gasteiger partial charge in [-0.3, -0.25) is 4.79 Å². The molecule has 118 valence electrons. The van der Waals surface area contributed by atoms with Gasteiger partial charge in [-0.25, -0.2) is 0 Å². The van der Waals surface area contributed by atoms with E-state index in [0.29, 0.717) is 28.7 Å². The van der Waals surface area contributed by atoms with E-state index in [2.05, 4.69) is 5.32 Å². The summed E-state index contributed by atoms with van der Waals surface area (Å²) in [6, 6.07) is 7.31. The summed E-state index contributed by atoms with van der Waals surface area (Å²) in [5, 5.41) is 3.64. The number of benzene rings is 1. The predicted molar refractivity (Wildman–Crippen MR) is 90.4 cm³/mol. The summed E-state index contributed by atoms with van der Waals surface area (Å²) < 4.78 is -0.491. The molecule has 0 aromatic heterocycles. The van der Waals surface area contributed by atoms with Crippen LogP contribution in [0.25, 0.3) is 0 Å². The number of fused-ring (bicyclic) bond motifs is 2. The van der Waals surface area contributed by atoms with Gasteiger partial charge in [-0.2, -0.15) is 0 Å². The van der Waals surface area contributed by atoms with Gasteiger partial charge in [0.25, 0.3) is 0 Å². The van der Waals surface area contributed by atoms with Gasteiger partial charge in [0.1, 0.15) is 4.33 Å². The van der Waals surface area contributed by atoms with Crippen LogP contribution in [0.2, 0.25) is 5.02 Å². The van der Waals surface area contributed by atoms with Crippen molar-refractivity contribution in [2.24, 2.45) is 29.6 Å². The van der Waals surface area contributed by atoms with E-state index in [9.17, 15) is 4.79 Å². The Balaban J connectivity index is 1.38. The van der Waals surface area contributed by atoms with Crippen LogP contribution in [0.4, 0.5) is 5.69 Å². The van der Waals surface area contributed by atoms with Crippen molar-refractivity contribution in [3.05, 3.63) is 29.3 Å². The minimum Gasteiger partial charge on any atom is -0.326 e. The van der Waals surface area contributed by atoms with Crippen LogP contribution in [0.3, 0.4) is 0 Å². The maximum atomic E-state index is 12.5. The number of anilines is 1. The van der Waals surface area contributed by atoms with Crippen molar-refractivity contribution in [2.45, 2.75) is 30.0 Å². The lowest BCUT2D eigenvalue weighted by Crippen LogP contribution is -2.15. The van der Waals surface area contributed by atoms with Gasteiger partial charge >= 0.3 is 0 Å². The normalized spacial score (nSPS) is 38.0. The largest absolute Gasteiger partial charge is 0.326 e. The van der Waals surface area contributed by atoms with Crippen LogP contribution < -0.4 is 5.32 Å². The van der Waals surface area contributed by atoms with Gasteiger partial charge in [0, 0.05) is 16.6 Å². The summed E-state index contributed by atoms with van der Waals surface area (Å²) in [6.07, 6.45) is 4.25. The molecule has 3 aliphatic carbocycles. The summed E-state index contributed by atoms with van der Waals surface area (Å²) in [5.41, 5.74) is 0.778. The Hall–Kier alpha value is -0.440. The SMILES string of the molecule is O=C(Nc1cccc(Cl)c1)C1[C@H]2CC[C@@H]3[C@@H](CC[C@H]12)C3(Cl)Cl. The first-order valence-corrected chi connectivity index (χ1v) is 9.06. The lowest BCUT2D eigenvalue weighted by atomic mass is 10.0. The smallest absolute Gasteiger partial charge is 0.228 e. The molecule has 3 fully saturated rings. The van der Waals surface area contributed by atoms with Crippen LogP contribution in [-0.2, 0) is 4.79 Å². The molecular weight excluding hydrogens is 341 g/mol. The Morgan fingerprint density at radius 1 is 1.09 bits per heavy atom. The van der Waals surface area contributed by atoms with E-state index < -0.39 is 4.33 Å².